The number of nitrogens with zero attached hydrogens (tertiary/aromatic N) is 3. The third kappa shape index (κ3) is 4.34. The number of nitrogens with one attached hydrogen (secondary N) is 1. The summed E-state index contributed by atoms with van der Waals surface area (Å²) >= 11 is 7.58. The van der Waals surface area contributed by atoms with Crippen LogP contribution in [0.5, 0.6) is 0 Å². The highest BCUT2D eigenvalue weighted by Gasteiger charge is 2.14. The number of nitro groups is 1. The van der Waals surface area contributed by atoms with Gasteiger partial charge in [-0.3, -0.25) is 19.8 Å². The van der Waals surface area contributed by atoms with Crippen molar-refractivity contribution in [2.45, 2.75) is 6.54 Å². The van der Waals surface area contributed by atoms with Gasteiger partial charge in [0, 0.05) is 12.1 Å². The molecule has 0 saturated heterocycles. The Balaban J connectivity index is 1.59. The third-order valence-corrected chi connectivity index (χ3v) is 4.93. The van der Waals surface area contributed by atoms with E-state index in [0.717, 1.165) is 15.2 Å². The minimum atomic E-state index is -0.538. The van der Waals surface area contributed by atoms with Crippen LogP contribution in [-0.4, -0.2) is 34.3 Å². The molecule has 0 aliphatic rings. The smallest absolute Gasteiger partial charge is 0.271 e. The molecule has 7 nitrogen and oxygen atoms in total. The number of nitro benzene ring substituents is 1. The van der Waals surface area contributed by atoms with Gasteiger partial charge in [-0.2, -0.15) is 0 Å². The molecular weight excluding hydrogens is 376 g/mol. The zero-order valence-electron chi connectivity index (χ0n) is 13.8. The van der Waals surface area contributed by atoms with E-state index in [1.54, 1.807) is 11.3 Å². The molecule has 0 aliphatic carbocycles. The molecule has 0 aliphatic heterocycles. The molecule has 1 aromatic heterocycles. The fourth-order valence-electron chi connectivity index (χ4n) is 2.43. The molecule has 0 atom stereocenters. The number of likely N-dealkylation sites (N-methyl/N-ethyl adjacent to an activating group) is 1. The molecule has 9 heteroatoms. The van der Waals surface area contributed by atoms with E-state index in [2.05, 4.69) is 10.3 Å². The van der Waals surface area contributed by atoms with Crippen molar-refractivity contribution in [1.82, 2.24) is 9.88 Å². The number of thiazole rings is 1. The Hall–Kier alpha value is -2.55. The summed E-state index contributed by atoms with van der Waals surface area (Å²) in [6.07, 6.45) is 0. The molecule has 0 saturated carbocycles. The zero-order chi connectivity index (χ0) is 18.7. The number of fused-ring (bicyclic) bond motifs is 1. The van der Waals surface area contributed by atoms with Crippen molar-refractivity contribution in [3.05, 3.63) is 62.6 Å². The quantitative estimate of drug-likeness (QED) is 0.509. The molecule has 0 spiro atoms. The van der Waals surface area contributed by atoms with Gasteiger partial charge in [0.05, 0.1) is 38.9 Å². The molecular formula is C17H15ClN4O3S. The first kappa shape index (κ1) is 18.2. The van der Waals surface area contributed by atoms with Crippen molar-refractivity contribution in [1.29, 1.82) is 0 Å². The van der Waals surface area contributed by atoms with Crippen molar-refractivity contribution in [3.63, 3.8) is 0 Å². The van der Waals surface area contributed by atoms with Crippen LogP contribution in [0.25, 0.3) is 10.2 Å². The molecule has 26 heavy (non-hydrogen) atoms. The Bertz CT molecular complexity index is 943. The van der Waals surface area contributed by atoms with E-state index in [-0.39, 0.29) is 23.2 Å². The first-order chi connectivity index (χ1) is 12.4. The lowest BCUT2D eigenvalue weighted by molar-refractivity contribution is -0.384. The van der Waals surface area contributed by atoms with E-state index in [0.29, 0.717) is 12.2 Å². The topological polar surface area (TPSA) is 88.4 Å². The number of carbonyl (C=O) groups is 1. The second kappa shape index (κ2) is 7.77. The van der Waals surface area contributed by atoms with Crippen LogP contribution in [-0.2, 0) is 11.3 Å². The summed E-state index contributed by atoms with van der Waals surface area (Å²) in [5.41, 5.74) is 1.17. The highest BCUT2D eigenvalue weighted by atomic mass is 35.5. The molecule has 134 valence electrons. The molecule has 1 amide bonds. The van der Waals surface area contributed by atoms with Gasteiger partial charge in [-0.05, 0) is 25.2 Å². The summed E-state index contributed by atoms with van der Waals surface area (Å²) in [4.78, 5) is 28.8. The number of para-hydroxylation sites is 1. The predicted molar refractivity (Wildman–Crippen MR) is 103 cm³/mol. The summed E-state index contributed by atoms with van der Waals surface area (Å²) in [5.74, 6) is -0.260. The average molecular weight is 391 g/mol. The minimum absolute atomic E-state index is 0.124. The summed E-state index contributed by atoms with van der Waals surface area (Å²) in [6, 6.07) is 11.8. The Kier molecular flexibility index (Phi) is 5.46. The standard InChI is InChI=1S/C17H15ClN4O3S/c1-21(10-17-20-14-4-2-3-5-15(14)26-17)9-16(23)19-13-7-6-11(22(24)25)8-12(13)18/h2-8H,9-10H2,1H3,(H,19,23). The summed E-state index contributed by atoms with van der Waals surface area (Å²) < 4.78 is 1.11. The first-order valence-corrected chi connectivity index (χ1v) is 8.88. The Morgan fingerprint density at radius 2 is 2.12 bits per heavy atom. The average Bonchev–Trinajstić information content (AvgIpc) is 2.98. The van der Waals surface area contributed by atoms with Crippen LogP contribution in [0.15, 0.2) is 42.5 Å². The number of halogens is 1. The van der Waals surface area contributed by atoms with Crippen LogP contribution < -0.4 is 5.32 Å². The lowest BCUT2D eigenvalue weighted by Gasteiger charge is -2.15. The lowest BCUT2D eigenvalue weighted by atomic mass is 10.3. The van der Waals surface area contributed by atoms with Crippen LogP contribution in [0, 0.1) is 10.1 Å². The molecule has 0 radical (unpaired) electrons. The van der Waals surface area contributed by atoms with Gasteiger partial charge in [0.1, 0.15) is 5.01 Å². The van der Waals surface area contributed by atoms with E-state index in [9.17, 15) is 14.9 Å². The van der Waals surface area contributed by atoms with Crippen molar-refractivity contribution in [3.8, 4) is 0 Å². The number of amides is 1. The van der Waals surface area contributed by atoms with E-state index in [1.165, 1.54) is 18.2 Å². The van der Waals surface area contributed by atoms with Gasteiger partial charge in [-0.15, -0.1) is 11.3 Å². The summed E-state index contributed by atoms with van der Waals surface area (Å²) in [6.45, 7) is 0.685. The normalized spacial score (nSPS) is 11.0. The van der Waals surface area contributed by atoms with E-state index >= 15 is 0 Å². The van der Waals surface area contributed by atoms with Crippen LogP contribution in [0.1, 0.15) is 5.01 Å². The van der Waals surface area contributed by atoms with Gasteiger partial charge in [-0.1, -0.05) is 23.7 Å². The number of anilines is 1. The Morgan fingerprint density at radius 1 is 1.35 bits per heavy atom. The predicted octanol–water partition coefficient (Wildman–Crippen LogP) is 3.93. The van der Waals surface area contributed by atoms with Gasteiger partial charge in [0.25, 0.3) is 5.69 Å². The molecule has 0 fully saturated rings. The zero-order valence-corrected chi connectivity index (χ0v) is 15.4. The maximum atomic E-state index is 12.2. The van der Waals surface area contributed by atoms with Crippen molar-refractivity contribution < 1.29 is 9.72 Å². The molecule has 0 bridgehead atoms. The molecule has 1 N–H and O–H groups in total. The second-order valence-corrected chi connectivity index (χ2v) is 7.24. The van der Waals surface area contributed by atoms with Gasteiger partial charge in [-0.25, -0.2) is 4.98 Å². The maximum Gasteiger partial charge on any atom is 0.271 e. The number of benzene rings is 2. The van der Waals surface area contributed by atoms with Gasteiger partial charge in [0.2, 0.25) is 5.91 Å². The minimum Gasteiger partial charge on any atom is -0.324 e. The fraction of sp³-hybridized carbons (Fsp3) is 0.176. The number of hydrogen-bond donors (Lipinski definition) is 1. The molecule has 1 heterocycles. The monoisotopic (exact) mass is 390 g/mol. The lowest BCUT2D eigenvalue weighted by Crippen LogP contribution is -2.29. The fourth-order valence-corrected chi connectivity index (χ4v) is 3.70. The Labute approximate surface area is 158 Å². The molecule has 3 rings (SSSR count). The van der Waals surface area contributed by atoms with E-state index in [4.69, 9.17) is 11.6 Å². The second-order valence-electron chi connectivity index (χ2n) is 5.72. The van der Waals surface area contributed by atoms with Gasteiger partial charge < -0.3 is 5.32 Å². The van der Waals surface area contributed by atoms with Crippen LogP contribution >= 0.6 is 22.9 Å². The summed E-state index contributed by atoms with van der Waals surface area (Å²) in [5, 5.41) is 14.4. The third-order valence-electron chi connectivity index (χ3n) is 3.59. The first-order valence-electron chi connectivity index (χ1n) is 7.69. The van der Waals surface area contributed by atoms with Gasteiger partial charge in [0.15, 0.2) is 0 Å². The Morgan fingerprint density at radius 3 is 2.81 bits per heavy atom. The molecule has 0 unspecified atom stereocenters. The largest absolute Gasteiger partial charge is 0.324 e. The summed E-state index contributed by atoms with van der Waals surface area (Å²) in [7, 11) is 1.82. The number of non-ortho nitro benzene ring substituents is 1. The highest BCUT2D eigenvalue weighted by Crippen LogP contribution is 2.26. The molecule has 3 aromatic rings. The van der Waals surface area contributed by atoms with Crippen molar-refractivity contribution in [2.24, 2.45) is 0 Å². The maximum absolute atomic E-state index is 12.2. The number of aromatic nitrogens is 1. The van der Waals surface area contributed by atoms with Crippen molar-refractivity contribution in [2.75, 3.05) is 18.9 Å². The van der Waals surface area contributed by atoms with Crippen LogP contribution in [0.4, 0.5) is 11.4 Å². The van der Waals surface area contributed by atoms with E-state index in [1.807, 2.05) is 36.2 Å². The SMILES string of the molecule is CN(CC(=O)Nc1ccc([N+](=O)[O-])cc1Cl)Cc1nc2ccccc2s1. The van der Waals surface area contributed by atoms with Gasteiger partial charge >= 0.3 is 0 Å². The molecule has 2 aromatic carbocycles. The number of rotatable bonds is 6. The number of hydrogen-bond acceptors (Lipinski definition) is 6. The van der Waals surface area contributed by atoms with Crippen LogP contribution in [0.2, 0.25) is 5.02 Å². The highest BCUT2D eigenvalue weighted by molar-refractivity contribution is 7.18. The van der Waals surface area contributed by atoms with Crippen LogP contribution in [0.3, 0.4) is 0 Å². The number of carbonyl (C=O) groups excluding carboxylic acids is 1. The van der Waals surface area contributed by atoms with E-state index < -0.39 is 4.92 Å². The van der Waals surface area contributed by atoms with Crippen molar-refractivity contribution >= 4 is 50.4 Å².